The molecule has 0 fully saturated rings. The standard InChI is InChI=1S/C9H9NO2S/c11-9-6-3-1-2-4-7(6)12-8(5-13)10-9/h1-4,8,13H,5H2,(H,10,11). The molecule has 1 aromatic rings. The van der Waals surface area contributed by atoms with Gasteiger partial charge in [0.15, 0.2) is 6.23 Å². The Morgan fingerprint density at radius 3 is 3.00 bits per heavy atom. The highest BCUT2D eigenvalue weighted by molar-refractivity contribution is 7.80. The van der Waals surface area contributed by atoms with E-state index in [0.29, 0.717) is 17.1 Å². The van der Waals surface area contributed by atoms with Crippen molar-refractivity contribution in [3.8, 4) is 5.75 Å². The molecule has 1 unspecified atom stereocenters. The summed E-state index contributed by atoms with van der Waals surface area (Å²) >= 11 is 4.06. The average Bonchev–Trinajstić information content (AvgIpc) is 2.18. The third kappa shape index (κ3) is 1.49. The third-order valence-corrected chi connectivity index (χ3v) is 2.19. The van der Waals surface area contributed by atoms with Crippen molar-refractivity contribution in [2.24, 2.45) is 0 Å². The van der Waals surface area contributed by atoms with Crippen molar-refractivity contribution >= 4 is 18.5 Å². The first-order valence-electron chi connectivity index (χ1n) is 3.98. The van der Waals surface area contributed by atoms with Crippen LogP contribution in [0, 0.1) is 0 Å². The molecule has 1 aromatic carbocycles. The largest absolute Gasteiger partial charge is 0.469 e. The topological polar surface area (TPSA) is 38.3 Å². The minimum Gasteiger partial charge on any atom is -0.469 e. The van der Waals surface area contributed by atoms with Crippen molar-refractivity contribution in [3.05, 3.63) is 29.8 Å². The van der Waals surface area contributed by atoms with Crippen LogP contribution in [0.1, 0.15) is 10.4 Å². The molecule has 3 nitrogen and oxygen atoms in total. The van der Waals surface area contributed by atoms with Gasteiger partial charge in [-0.05, 0) is 12.1 Å². The van der Waals surface area contributed by atoms with Gasteiger partial charge < -0.3 is 10.1 Å². The number of rotatable bonds is 1. The predicted octanol–water partition coefficient (Wildman–Crippen LogP) is 1.06. The Kier molecular flexibility index (Phi) is 2.14. The van der Waals surface area contributed by atoms with Gasteiger partial charge >= 0.3 is 0 Å². The molecule has 1 heterocycles. The summed E-state index contributed by atoms with van der Waals surface area (Å²) in [5.41, 5.74) is 0.584. The van der Waals surface area contributed by atoms with Crippen molar-refractivity contribution in [2.45, 2.75) is 6.23 Å². The fourth-order valence-electron chi connectivity index (χ4n) is 1.25. The van der Waals surface area contributed by atoms with Gasteiger partial charge in [0.1, 0.15) is 5.75 Å². The normalized spacial score (nSPS) is 20.1. The molecule has 0 spiro atoms. The van der Waals surface area contributed by atoms with Crippen LogP contribution in [0.5, 0.6) is 5.75 Å². The lowest BCUT2D eigenvalue weighted by Gasteiger charge is -2.25. The van der Waals surface area contributed by atoms with E-state index in [2.05, 4.69) is 17.9 Å². The number of carbonyl (C=O) groups excluding carboxylic acids is 1. The van der Waals surface area contributed by atoms with E-state index in [-0.39, 0.29) is 12.1 Å². The van der Waals surface area contributed by atoms with Crippen LogP contribution < -0.4 is 10.1 Å². The summed E-state index contributed by atoms with van der Waals surface area (Å²) in [5, 5.41) is 2.68. The minimum atomic E-state index is -0.314. The number of fused-ring (bicyclic) bond motifs is 1. The van der Waals surface area contributed by atoms with Gasteiger partial charge in [0.05, 0.1) is 5.56 Å². The number of amides is 1. The Balaban J connectivity index is 2.37. The first kappa shape index (κ1) is 8.44. The van der Waals surface area contributed by atoms with Crippen molar-refractivity contribution in [3.63, 3.8) is 0 Å². The third-order valence-electron chi connectivity index (χ3n) is 1.86. The Morgan fingerprint density at radius 1 is 1.46 bits per heavy atom. The highest BCUT2D eigenvalue weighted by Gasteiger charge is 2.23. The number of benzene rings is 1. The van der Waals surface area contributed by atoms with Crippen LogP contribution in [0.4, 0.5) is 0 Å². The van der Waals surface area contributed by atoms with E-state index in [9.17, 15) is 4.79 Å². The van der Waals surface area contributed by atoms with E-state index >= 15 is 0 Å². The number of hydrogen-bond donors (Lipinski definition) is 2. The van der Waals surface area contributed by atoms with E-state index in [1.807, 2.05) is 12.1 Å². The molecular weight excluding hydrogens is 186 g/mol. The van der Waals surface area contributed by atoms with Crippen LogP contribution in [0.25, 0.3) is 0 Å². The SMILES string of the molecule is O=C1NC(CS)Oc2ccccc21. The highest BCUT2D eigenvalue weighted by atomic mass is 32.1. The zero-order valence-electron chi connectivity index (χ0n) is 6.86. The summed E-state index contributed by atoms with van der Waals surface area (Å²) < 4.78 is 5.44. The molecule has 13 heavy (non-hydrogen) atoms. The monoisotopic (exact) mass is 195 g/mol. The first-order valence-corrected chi connectivity index (χ1v) is 4.62. The molecule has 68 valence electrons. The number of carbonyl (C=O) groups is 1. The maximum Gasteiger partial charge on any atom is 0.257 e. The van der Waals surface area contributed by atoms with Crippen molar-refractivity contribution in [2.75, 3.05) is 5.75 Å². The lowest BCUT2D eigenvalue weighted by molar-refractivity contribution is 0.0795. The second-order valence-electron chi connectivity index (χ2n) is 2.76. The molecule has 0 aromatic heterocycles. The Bertz CT molecular complexity index is 340. The minimum absolute atomic E-state index is 0.0964. The van der Waals surface area contributed by atoms with Crippen LogP contribution in [-0.4, -0.2) is 17.9 Å². The van der Waals surface area contributed by atoms with E-state index in [1.54, 1.807) is 12.1 Å². The molecular formula is C9H9NO2S. The van der Waals surface area contributed by atoms with E-state index < -0.39 is 0 Å². The molecule has 2 rings (SSSR count). The van der Waals surface area contributed by atoms with Gasteiger partial charge in [-0.3, -0.25) is 4.79 Å². The van der Waals surface area contributed by atoms with Crippen LogP contribution >= 0.6 is 12.6 Å². The number of para-hydroxylation sites is 1. The highest BCUT2D eigenvalue weighted by Crippen LogP contribution is 2.22. The lowest BCUT2D eigenvalue weighted by atomic mass is 10.1. The first-order chi connectivity index (χ1) is 6.31. The van der Waals surface area contributed by atoms with E-state index in [0.717, 1.165) is 0 Å². The summed E-state index contributed by atoms with van der Waals surface area (Å²) in [6.07, 6.45) is -0.314. The Labute approximate surface area is 81.5 Å². The van der Waals surface area contributed by atoms with Gasteiger partial charge in [0.25, 0.3) is 5.91 Å². The van der Waals surface area contributed by atoms with Crippen molar-refractivity contribution in [1.82, 2.24) is 5.32 Å². The molecule has 1 aliphatic rings. The molecule has 0 saturated carbocycles. The molecule has 1 amide bonds. The van der Waals surface area contributed by atoms with Crippen LogP contribution in [0.15, 0.2) is 24.3 Å². The van der Waals surface area contributed by atoms with E-state index in [4.69, 9.17) is 4.74 Å². The molecule has 0 bridgehead atoms. The number of nitrogens with one attached hydrogen (secondary N) is 1. The summed E-state index contributed by atoms with van der Waals surface area (Å²) in [6, 6.07) is 7.17. The summed E-state index contributed by atoms with van der Waals surface area (Å²) in [4.78, 5) is 11.4. The molecule has 1 N–H and O–H groups in total. The zero-order valence-corrected chi connectivity index (χ0v) is 7.75. The average molecular weight is 195 g/mol. The second-order valence-corrected chi connectivity index (χ2v) is 3.12. The van der Waals surface area contributed by atoms with Gasteiger partial charge in [0.2, 0.25) is 0 Å². The predicted molar refractivity (Wildman–Crippen MR) is 52.2 cm³/mol. The number of thiol groups is 1. The number of ether oxygens (including phenoxy) is 1. The molecule has 0 aliphatic carbocycles. The summed E-state index contributed by atoms with van der Waals surface area (Å²) in [5.74, 6) is 1.01. The van der Waals surface area contributed by atoms with Gasteiger partial charge in [-0.2, -0.15) is 12.6 Å². The van der Waals surface area contributed by atoms with Crippen molar-refractivity contribution < 1.29 is 9.53 Å². The smallest absolute Gasteiger partial charge is 0.257 e. The Hall–Kier alpha value is -1.16. The molecule has 1 atom stereocenters. The van der Waals surface area contributed by atoms with Crippen LogP contribution in [-0.2, 0) is 0 Å². The van der Waals surface area contributed by atoms with Gasteiger partial charge in [0, 0.05) is 5.75 Å². The lowest BCUT2D eigenvalue weighted by Crippen LogP contribution is -2.44. The van der Waals surface area contributed by atoms with Crippen LogP contribution in [0.2, 0.25) is 0 Å². The summed E-state index contributed by atoms with van der Waals surface area (Å²) in [6.45, 7) is 0. The second kappa shape index (κ2) is 3.30. The fourth-order valence-corrected chi connectivity index (χ4v) is 1.41. The van der Waals surface area contributed by atoms with Crippen molar-refractivity contribution in [1.29, 1.82) is 0 Å². The summed E-state index contributed by atoms with van der Waals surface area (Å²) in [7, 11) is 0. The maximum absolute atomic E-state index is 11.4. The fraction of sp³-hybridized carbons (Fsp3) is 0.222. The molecule has 0 radical (unpaired) electrons. The van der Waals surface area contributed by atoms with Gasteiger partial charge in [-0.15, -0.1) is 0 Å². The van der Waals surface area contributed by atoms with E-state index in [1.165, 1.54) is 0 Å². The zero-order chi connectivity index (χ0) is 9.26. The van der Waals surface area contributed by atoms with Gasteiger partial charge in [-0.1, -0.05) is 12.1 Å². The molecule has 4 heteroatoms. The van der Waals surface area contributed by atoms with Gasteiger partial charge in [-0.25, -0.2) is 0 Å². The molecule has 1 aliphatic heterocycles. The molecule has 0 saturated heterocycles. The Morgan fingerprint density at radius 2 is 2.23 bits per heavy atom. The maximum atomic E-state index is 11.4. The quantitative estimate of drug-likeness (QED) is 0.658. The number of hydrogen-bond acceptors (Lipinski definition) is 3. The van der Waals surface area contributed by atoms with Crippen LogP contribution in [0.3, 0.4) is 0 Å².